The van der Waals surface area contributed by atoms with Crippen LogP contribution in [0.15, 0.2) is 23.7 Å². The van der Waals surface area contributed by atoms with Crippen molar-refractivity contribution in [1.29, 1.82) is 0 Å². The standard InChI is InChI=1S/C13H17N3S/c1-9-8-10(2-5-14-9)16-13-11-4-7-17-12(11)3-6-15-13/h3-4,6-7,9-10,14H,2,5,8H2,1H3,(H,15,16). The van der Waals surface area contributed by atoms with Crippen LogP contribution in [0.5, 0.6) is 0 Å². The summed E-state index contributed by atoms with van der Waals surface area (Å²) in [7, 11) is 0. The lowest BCUT2D eigenvalue weighted by Gasteiger charge is -2.29. The minimum Gasteiger partial charge on any atom is -0.367 e. The van der Waals surface area contributed by atoms with Gasteiger partial charge < -0.3 is 10.6 Å². The molecule has 3 rings (SSSR count). The molecule has 0 saturated carbocycles. The third-order valence-electron chi connectivity index (χ3n) is 3.34. The molecule has 3 heterocycles. The molecule has 1 aliphatic heterocycles. The molecule has 0 radical (unpaired) electrons. The third-order valence-corrected chi connectivity index (χ3v) is 4.23. The molecule has 0 aromatic carbocycles. The maximum absolute atomic E-state index is 4.47. The van der Waals surface area contributed by atoms with E-state index in [1.807, 2.05) is 6.20 Å². The number of thiophene rings is 1. The third kappa shape index (κ3) is 2.28. The first-order chi connectivity index (χ1) is 8.33. The van der Waals surface area contributed by atoms with Gasteiger partial charge in [0.1, 0.15) is 5.82 Å². The summed E-state index contributed by atoms with van der Waals surface area (Å²) in [5.41, 5.74) is 0. The molecule has 3 nitrogen and oxygen atoms in total. The van der Waals surface area contributed by atoms with Gasteiger partial charge in [-0.05, 0) is 43.8 Å². The summed E-state index contributed by atoms with van der Waals surface area (Å²) in [5, 5.41) is 10.4. The minimum absolute atomic E-state index is 0.546. The first-order valence-electron chi connectivity index (χ1n) is 6.15. The zero-order valence-electron chi connectivity index (χ0n) is 9.94. The van der Waals surface area contributed by atoms with Crippen LogP contribution in [-0.2, 0) is 0 Å². The van der Waals surface area contributed by atoms with Crippen molar-refractivity contribution in [3.8, 4) is 0 Å². The smallest absolute Gasteiger partial charge is 0.134 e. The van der Waals surface area contributed by atoms with E-state index in [-0.39, 0.29) is 0 Å². The van der Waals surface area contributed by atoms with E-state index >= 15 is 0 Å². The molecule has 0 amide bonds. The second-order valence-electron chi connectivity index (χ2n) is 4.71. The summed E-state index contributed by atoms with van der Waals surface area (Å²) < 4.78 is 1.31. The second kappa shape index (κ2) is 4.63. The normalized spacial score (nSPS) is 25.0. The number of aromatic nitrogens is 1. The fourth-order valence-electron chi connectivity index (χ4n) is 2.47. The number of hydrogen-bond donors (Lipinski definition) is 2. The van der Waals surface area contributed by atoms with Crippen LogP contribution in [0.3, 0.4) is 0 Å². The molecule has 4 heteroatoms. The first-order valence-corrected chi connectivity index (χ1v) is 7.03. The van der Waals surface area contributed by atoms with Crippen LogP contribution in [0, 0.1) is 0 Å². The van der Waals surface area contributed by atoms with E-state index in [0.29, 0.717) is 12.1 Å². The summed E-state index contributed by atoms with van der Waals surface area (Å²) in [6.45, 7) is 3.34. The molecule has 0 aliphatic carbocycles. The Morgan fingerprint density at radius 2 is 2.41 bits per heavy atom. The summed E-state index contributed by atoms with van der Waals surface area (Å²) in [6, 6.07) is 5.38. The van der Waals surface area contributed by atoms with Crippen LogP contribution in [-0.4, -0.2) is 23.6 Å². The van der Waals surface area contributed by atoms with Gasteiger partial charge in [-0.25, -0.2) is 4.98 Å². The molecular formula is C13H17N3S. The Morgan fingerprint density at radius 1 is 1.47 bits per heavy atom. The Kier molecular flexibility index (Phi) is 2.99. The van der Waals surface area contributed by atoms with Gasteiger partial charge in [-0.3, -0.25) is 0 Å². The van der Waals surface area contributed by atoms with Gasteiger partial charge >= 0.3 is 0 Å². The molecular weight excluding hydrogens is 230 g/mol. The molecule has 17 heavy (non-hydrogen) atoms. The first kappa shape index (κ1) is 11.0. The average molecular weight is 247 g/mol. The highest BCUT2D eigenvalue weighted by molar-refractivity contribution is 7.17. The quantitative estimate of drug-likeness (QED) is 0.857. The van der Waals surface area contributed by atoms with Gasteiger partial charge in [0.15, 0.2) is 0 Å². The van der Waals surface area contributed by atoms with Gasteiger partial charge in [0.25, 0.3) is 0 Å². The predicted octanol–water partition coefficient (Wildman–Crippen LogP) is 2.85. The van der Waals surface area contributed by atoms with Crippen molar-refractivity contribution in [2.45, 2.75) is 31.8 Å². The van der Waals surface area contributed by atoms with Crippen molar-refractivity contribution < 1.29 is 0 Å². The van der Waals surface area contributed by atoms with Gasteiger partial charge in [-0.2, -0.15) is 0 Å². The minimum atomic E-state index is 0.546. The lowest BCUT2D eigenvalue weighted by molar-refractivity contribution is 0.396. The lowest BCUT2D eigenvalue weighted by Crippen LogP contribution is -2.41. The largest absolute Gasteiger partial charge is 0.367 e. The Morgan fingerprint density at radius 3 is 3.29 bits per heavy atom. The number of pyridine rings is 1. The lowest BCUT2D eigenvalue weighted by atomic mass is 10.0. The van der Waals surface area contributed by atoms with Crippen LogP contribution in [0.25, 0.3) is 10.1 Å². The van der Waals surface area contributed by atoms with E-state index in [1.54, 1.807) is 11.3 Å². The summed E-state index contributed by atoms with van der Waals surface area (Å²) in [5.74, 6) is 1.04. The number of fused-ring (bicyclic) bond motifs is 1. The van der Waals surface area contributed by atoms with E-state index in [4.69, 9.17) is 0 Å². The Labute approximate surface area is 105 Å². The van der Waals surface area contributed by atoms with Crippen molar-refractivity contribution in [3.63, 3.8) is 0 Å². The summed E-state index contributed by atoms with van der Waals surface area (Å²) in [6.07, 6.45) is 4.24. The van der Waals surface area contributed by atoms with Gasteiger partial charge in [-0.1, -0.05) is 0 Å². The molecule has 2 N–H and O–H groups in total. The number of anilines is 1. The van der Waals surface area contributed by atoms with E-state index in [2.05, 4.69) is 40.1 Å². The molecule has 1 aliphatic rings. The fraction of sp³-hybridized carbons (Fsp3) is 0.462. The highest BCUT2D eigenvalue weighted by Gasteiger charge is 2.18. The number of hydrogen-bond acceptors (Lipinski definition) is 4. The van der Waals surface area contributed by atoms with Crippen LogP contribution in [0.4, 0.5) is 5.82 Å². The van der Waals surface area contributed by atoms with E-state index in [1.165, 1.54) is 22.9 Å². The number of piperidine rings is 1. The Hall–Kier alpha value is -1.13. The zero-order valence-corrected chi connectivity index (χ0v) is 10.8. The summed E-state index contributed by atoms with van der Waals surface area (Å²) in [4.78, 5) is 4.47. The van der Waals surface area contributed by atoms with Crippen molar-refractivity contribution in [3.05, 3.63) is 23.7 Å². The van der Waals surface area contributed by atoms with Crippen molar-refractivity contribution in [2.75, 3.05) is 11.9 Å². The molecule has 90 valence electrons. The van der Waals surface area contributed by atoms with Gasteiger partial charge in [0, 0.05) is 28.4 Å². The van der Waals surface area contributed by atoms with Gasteiger partial charge in [-0.15, -0.1) is 11.3 Å². The number of nitrogens with zero attached hydrogens (tertiary/aromatic N) is 1. The molecule has 2 unspecified atom stereocenters. The average Bonchev–Trinajstić information content (AvgIpc) is 2.78. The molecule has 1 saturated heterocycles. The van der Waals surface area contributed by atoms with Crippen molar-refractivity contribution in [1.82, 2.24) is 10.3 Å². The molecule has 0 bridgehead atoms. The van der Waals surface area contributed by atoms with Gasteiger partial charge in [0.05, 0.1) is 0 Å². The van der Waals surface area contributed by atoms with Crippen molar-refractivity contribution in [2.24, 2.45) is 0 Å². The van der Waals surface area contributed by atoms with E-state index in [9.17, 15) is 0 Å². The maximum atomic E-state index is 4.47. The highest BCUT2D eigenvalue weighted by Crippen LogP contribution is 2.27. The molecule has 1 fully saturated rings. The fourth-order valence-corrected chi connectivity index (χ4v) is 3.25. The molecule has 2 aromatic rings. The zero-order chi connectivity index (χ0) is 11.7. The molecule has 2 atom stereocenters. The second-order valence-corrected chi connectivity index (χ2v) is 5.66. The van der Waals surface area contributed by atoms with Gasteiger partial charge in [0.2, 0.25) is 0 Å². The molecule has 0 spiro atoms. The SMILES string of the molecule is CC1CC(Nc2nccc3sccc23)CCN1. The predicted molar refractivity (Wildman–Crippen MR) is 73.7 cm³/mol. The number of nitrogens with one attached hydrogen (secondary N) is 2. The summed E-state index contributed by atoms with van der Waals surface area (Å²) >= 11 is 1.77. The van der Waals surface area contributed by atoms with E-state index in [0.717, 1.165) is 12.4 Å². The van der Waals surface area contributed by atoms with Crippen LogP contribution in [0.1, 0.15) is 19.8 Å². The Balaban J connectivity index is 1.82. The Bertz CT molecular complexity index is 508. The monoisotopic (exact) mass is 247 g/mol. The highest BCUT2D eigenvalue weighted by atomic mass is 32.1. The van der Waals surface area contributed by atoms with Crippen LogP contribution >= 0.6 is 11.3 Å². The van der Waals surface area contributed by atoms with Crippen LogP contribution in [0.2, 0.25) is 0 Å². The van der Waals surface area contributed by atoms with E-state index < -0.39 is 0 Å². The topological polar surface area (TPSA) is 37.0 Å². The van der Waals surface area contributed by atoms with Crippen molar-refractivity contribution >= 4 is 27.2 Å². The number of rotatable bonds is 2. The molecule has 2 aromatic heterocycles. The van der Waals surface area contributed by atoms with Crippen LogP contribution < -0.4 is 10.6 Å². The maximum Gasteiger partial charge on any atom is 0.134 e.